The summed E-state index contributed by atoms with van der Waals surface area (Å²) in [6, 6.07) is 3.70. The number of nitrogens with zero attached hydrogens (tertiary/aromatic N) is 5. The van der Waals surface area contributed by atoms with Crippen LogP contribution in [0.4, 0.5) is 5.82 Å². The highest BCUT2D eigenvalue weighted by molar-refractivity contribution is 8.00. The molecular formula is C47H67N9O14S. The second-order valence-corrected chi connectivity index (χ2v) is 19.1. The summed E-state index contributed by atoms with van der Waals surface area (Å²) in [6.45, 7) is 10.2. The summed E-state index contributed by atoms with van der Waals surface area (Å²) in [7, 11) is 0. The van der Waals surface area contributed by atoms with Crippen molar-refractivity contribution in [1.82, 2.24) is 40.3 Å². The predicted octanol–water partition coefficient (Wildman–Crippen LogP) is 0.968. The number of nitrogens with one attached hydrogen (secondary N) is 4. The molecule has 2 saturated heterocycles. The van der Waals surface area contributed by atoms with Crippen LogP contribution in [-0.4, -0.2) is 183 Å². The van der Waals surface area contributed by atoms with E-state index in [1.54, 1.807) is 40.0 Å². The Morgan fingerprint density at radius 2 is 1.62 bits per heavy atom. The van der Waals surface area contributed by atoms with Crippen LogP contribution in [0.15, 0.2) is 24.3 Å². The van der Waals surface area contributed by atoms with E-state index < -0.39 is 76.8 Å². The van der Waals surface area contributed by atoms with Gasteiger partial charge in [-0.3, -0.25) is 43.3 Å². The Labute approximate surface area is 415 Å². The maximum absolute atomic E-state index is 14.1. The fourth-order valence-corrected chi connectivity index (χ4v) is 8.76. The third-order valence-corrected chi connectivity index (χ3v) is 12.5. The number of aliphatic carboxylic acids is 1. The molecule has 390 valence electrons. The van der Waals surface area contributed by atoms with Crippen molar-refractivity contribution in [2.24, 2.45) is 5.92 Å². The lowest BCUT2D eigenvalue weighted by atomic mass is 10.0. The molecule has 3 aromatic rings. The molecule has 23 nitrogen and oxygen atoms in total. The molecule has 71 heavy (non-hydrogen) atoms. The summed E-state index contributed by atoms with van der Waals surface area (Å²) in [4.78, 5) is 115. The normalized spacial score (nSPS) is 17.0. The van der Waals surface area contributed by atoms with Gasteiger partial charge in [0, 0.05) is 37.9 Å². The molecule has 0 radical (unpaired) electrons. The monoisotopic (exact) mass is 1010 g/mol. The molecule has 1 aromatic carbocycles. The molecule has 2 aliphatic rings. The number of benzene rings is 1. The number of anilines is 1. The molecule has 0 aliphatic carbocycles. The van der Waals surface area contributed by atoms with E-state index in [1.807, 2.05) is 29.7 Å². The molecule has 4 heterocycles. The van der Waals surface area contributed by atoms with Crippen molar-refractivity contribution < 1.29 is 67.5 Å². The lowest BCUT2D eigenvalue weighted by Crippen LogP contribution is -2.57. The summed E-state index contributed by atoms with van der Waals surface area (Å²) >= 11 is 1.27. The number of thioether (sulfide) groups is 1. The summed E-state index contributed by atoms with van der Waals surface area (Å²) in [5, 5.41) is 31.6. The third kappa shape index (κ3) is 15.9. The fourth-order valence-electron chi connectivity index (χ4n) is 8.13. The van der Waals surface area contributed by atoms with Gasteiger partial charge < -0.3 is 59.9 Å². The van der Waals surface area contributed by atoms with Gasteiger partial charge in [-0.1, -0.05) is 32.0 Å². The number of carboxylic acids is 1. The Morgan fingerprint density at radius 3 is 2.27 bits per heavy atom. The molecule has 0 spiro atoms. The van der Waals surface area contributed by atoms with Crippen LogP contribution in [0, 0.1) is 5.92 Å². The van der Waals surface area contributed by atoms with Gasteiger partial charge in [-0.25, -0.2) is 9.97 Å². The number of rotatable bonds is 29. The molecular weight excluding hydrogens is 947 g/mol. The smallest absolute Gasteiger partial charge is 0.305 e. The molecule has 6 N–H and O–H groups in total. The highest BCUT2D eigenvalue weighted by atomic mass is 32.2. The van der Waals surface area contributed by atoms with Crippen molar-refractivity contribution in [3.8, 4) is 0 Å². The molecule has 24 heteroatoms. The van der Waals surface area contributed by atoms with Gasteiger partial charge in [0.05, 0.1) is 74.5 Å². The number of pyridine rings is 1. The minimum atomic E-state index is -1.48. The van der Waals surface area contributed by atoms with Crippen molar-refractivity contribution in [2.45, 2.75) is 109 Å². The highest BCUT2D eigenvalue weighted by Gasteiger charge is 2.41. The van der Waals surface area contributed by atoms with E-state index in [2.05, 4.69) is 21.3 Å². The van der Waals surface area contributed by atoms with Crippen LogP contribution in [0.3, 0.4) is 0 Å². The average molecular weight is 1010 g/mol. The number of carboxylic acid groups (broad SMARTS) is 1. The van der Waals surface area contributed by atoms with Crippen LogP contribution < -0.4 is 21.3 Å². The molecule has 2 aromatic heterocycles. The maximum atomic E-state index is 14.1. The number of carbonyl (C=O) groups excluding carboxylic acids is 7. The van der Waals surface area contributed by atoms with E-state index in [9.17, 15) is 48.6 Å². The van der Waals surface area contributed by atoms with Gasteiger partial charge in [0.2, 0.25) is 41.4 Å². The van der Waals surface area contributed by atoms with E-state index in [4.69, 9.17) is 28.9 Å². The second kappa shape index (κ2) is 26.6. The van der Waals surface area contributed by atoms with Crippen molar-refractivity contribution in [3.05, 3.63) is 30.1 Å². The number of fused-ring (bicyclic) bond motifs is 3. The van der Waals surface area contributed by atoms with Crippen LogP contribution in [0.1, 0.15) is 72.5 Å². The summed E-state index contributed by atoms with van der Waals surface area (Å²) in [5.74, 6) is -4.95. The first kappa shape index (κ1) is 56.1. The quantitative estimate of drug-likeness (QED) is 0.0417. The van der Waals surface area contributed by atoms with Crippen LogP contribution in [0.2, 0.25) is 0 Å². The largest absolute Gasteiger partial charge is 0.481 e. The molecule has 5 rings (SSSR count). The molecule has 2 fully saturated rings. The van der Waals surface area contributed by atoms with Gasteiger partial charge in [0.15, 0.2) is 5.82 Å². The van der Waals surface area contributed by atoms with Gasteiger partial charge in [-0.2, -0.15) is 11.8 Å². The van der Waals surface area contributed by atoms with Gasteiger partial charge in [-0.05, 0) is 51.9 Å². The number of ether oxygens (including phenoxy) is 4. The lowest BCUT2D eigenvalue weighted by molar-refractivity contribution is -0.146. The van der Waals surface area contributed by atoms with Gasteiger partial charge in [0.25, 0.3) is 0 Å². The minimum absolute atomic E-state index is 0.0588. The van der Waals surface area contributed by atoms with Crippen LogP contribution >= 0.6 is 11.8 Å². The highest BCUT2D eigenvalue weighted by Crippen LogP contribution is 2.32. The molecule has 4 atom stereocenters. The van der Waals surface area contributed by atoms with Crippen LogP contribution in [0.25, 0.3) is 21.9 Å². The second-order valence-electron chi connectivity index (χ2n) is 18.0. The number of imidazole rings is 1. The van der Waals surface area contributed by atoms with E-state index in [1.165, 1.54) is 16.7 Å². The number of carbonyl (C=O) groups is 8. The molecule has 1 unspecified atom stereocenters. The Morgan fingerprint density at radius 1 is 0.930 bits per heavy atom. The van der Waals surface area contributed by atoms with Crippen molar-refractivity contribution in [1.29, 1.82) is 0 Å². The number of likely N-dealkylation sites (tertiary alicyclic amines) is 2. The Kier molecular flexibility index (Phi) is 21.0. The first-order valence-electron chi connectivity index (χ1n) is 23.7. The third-order valence-electron chi connectivity index (χ3n) is 11.6. The maximum Gasteiger partial charge on any atom is 0.305 e. The van der Waals surface area contributed by atoms with Crippen molar-refractivity contribution in [2.75, 3.05) is 77.5 Å². The fraction of sp³-hybridized carbons (Fsp3) is 0.617. The standard InChI is InChI=1S/C47H67N9O14S/c1-7-67-26-34-51-40-41(56(34)27-47(4,5)66)29-11-8-9-12-30(29)50-42(40)53-44(63)39(28(2)3)52-43(62)32-13-10-16-54(32)45(64)31(23-38(60)61)49-35(57)14-17-68-19-21-70-22-20-69-18-15-48-36(58)25-55-37(59)24-33(71-6)46(55)65/h8-9,11-12,28,31-33,39,66H,7,10,13-27H2,1-6H3,(H,48,58)(H,49,57)(H,52,62)(H,60,61)(H,50,53,63)/t31-,32-,33?,39-/m0/s1. The Balaban J connectivity index is 1.08. The molecule has 0 bridgehead atoms. The first-order valence-corrected chi connectivity index (χ1v) is 25.0. The predicted molar refractivity (Wildman–Crippen MR) is 260 cm³/mol. The number of para-hydroxylation sites is 1. The van der Waals surface area contributed by atoms with Crippen molar-refractivity contribution >= 4 is 86.8 Å². The number of aromatic nitrogens is 3. The summed E-state index contributed by atoms with van der Waals surface area (Å²) < 4.78 is 23.9. The number of hydrogen-bond acceptors (Lipinski definition) is 16. The first-order chi connectivity index (χ1) is 33.8. The van der Waals surface area contributed by atoms with Gasteiger partial charge in [0.1, 0.15) is 42.6 Å². The van der Waals surface area contributed by atoms with Gasteiger partial charge >= 0.3 is 5.97 Å². The topological polar surface area (TPSA) is 299 Å². The zero-order valence-electron chi connectivity index (χ0n) is 41.2. The van der Waals surface area contributed by atoms with E-state index >= 15 is 0 Å². The van der Waals surface area contributed by atoms with E-state index in [-0.39, 0.29) is 109 Å². The minimum Gasteiger partial charge on any atom is -0.481 e. The molecule has 0 saturated carbocycles. The number of amides is 7. The Hall–Kier alpha value is -5.79. The van der Waals surface area contributed by atoms with Crippen molar-refractivity contribution in [3.63, 3.8) is 0 Å². The zero-order chi connectivity index (χ0) is 51.8. The number of imide groups is 1. The molecule has 2 aliphatic heterocycles. The number of hydrogen-bond donors (Lipinski definition) is 6. The molecule has 7 amide bonds. The van der Waals surface area contributed by atoms with E-state index in [0.29, 0.717) is 35.4 Å². The van der Waals surface area contributed by atoms with Crippen LogP contribution in [0.5, 0.6) is 0 Å². The van der Waals surface area contributed by atoms with Gasteiger partial charge in [-0.15, -0.1) is 0 Å². The SMILES string of the molecule is CCOCc1nc2c(NC(=O)[C@@H](NC(=O)[C@@H]3CCCN3C(=O)[C@H](CC(=O)O)NC(=O)CCOCCOCCOCCNC(=O)CN3C(=O)CC(SC)C3=O)C(C)C)nc3ccccc3c2n1CC(C)(C)O. The summed E-state index contributed by atoms with van der Waals surface area (Å²) in [6.07, 6.45) is 1.54. The average Bonchev–Trinajstić information content (AvgIpc) is 4.02. The summed E-state index contributed by atoms with van der Waals surface area (Å²) in [5.41, 5.74) is 0.417. The van der Waals surface area contributed by atoms with Crippen LogP contribution in [-0.2, 0) is 70.5 Å². The lowest BCUT2D eigenvalue weighted by Gasteiger charge is -2.30. The van der Waals surface area contributed by atoms with E-state index in [0.717, 1.165) is 10.3 Å². The number of aliphatic hydroxyl groups is 1. The zero-order valence-corrected chi connectivity index (χ0v) is 42.0. The Bertz CT molecular complexity index is 2390.